The number of rotatable bonds is 3. The van der Waals surface area contributed by atoms with Gasteiger partial charge < -0.3 is 10.1 Å². The zero-order valence-electron chi connectivity index (χ0n) is 12.0. The number of halogens is 1. The number of esters is 1. The molecule has 110 valence electrons. The van der Waals surface area contributed by atoms with E-state index in [9.17, 15) is 9.18 Å². The highest BCUT2D eigenvalue weighted by Crippen LogP contribution is 2.24. The van der Waals surface area contributed by atoms with Crippen molar-refractivity contribution in [1.82, 2.24) is 10.2 Å². The number of carbonyl (C=O) groups excluding carboxylic acids is 1. The maximum atomic E-state index is 13.8. The Hall–Kier alpha value is -1.46. The van der Waals surface area contributed by atoms with Gasteiger partial charge >= 0.3 is 5.97 Å². The predicted octanol–water partition coefficient (Wildman–Crippen LogP) is 1.64. The third-order valence-corrected chi connectivity index (χ3v) is 3.68. The molecule has 1 N–H and O–H groups in total. The second kappa shape index (κ2) is 6.81. The van der Waals surface area contributed by atoms with Crippen molar-refractivity contribution in [3.05, 3.63) is 35.1 Å². The minimum absolute atomic E-state index is 0.288. The van der Waals surface area contributed by atoms with Crippen molar-refractivity contribution in [3.8, 4) is 0 Å². The third kappa shape index (κ3) is 3.35. The number of methoxy groups -OCH3 is 1. The van der Waals surface area contributed by atoms with Crippen LogP contribution in [0.3, 0.4) is 0 Å². The van der Waals surface area contributed by atoms with Gasteiger partial charge in [0.1, 0.15) is 11.9 Å². The molecule has 1 fully saturated rings. The van der Waals surface area contributed by atoms with Gasteiger partial charge in [0.05, 0.1) is 7.11 Å². The molecule has 0 spiro atoms. The molecule has 1 aromatic rings. The fraction of sp³-hybridized carbons (Fsp3) is 0.533. The van der Waals surface area contributed by atoms with Crippen LogP contribution in [0.1, 0.15) is 23.6 Å². The van der Waals surface area contributed by atoms with E-state index in [1.54, 1.807) is 19.1 Å². The highest BCUT2D eigenvalue weighted by atomic mass is 19.1. The van der Waals surface area contributed by atoms with Crippen molar-refractivity contribution in [1.29, 1.82) is 0 Å². The Kier molecular flexibility index (Phi) is 5.09. The first-order valence-corrected chi connectivity index (χ1v) is 6.92. The average Bonchev–Trinajstić information content (AvgIpc) is 2.72. The number of nitrogens with zero attached hydrogens (tertiary/aromatic N) is 1. The van der Waals surface area contributed by atoms with E-state index in [0.29, 0.717) is 11.1 Å². The van der Waals surface area contributed by atoms with Gasteiger partial charge in [-0.2, -0.15) is 0 Å². The monoisotopic (exact) mass is 280 g/mol. The van der Waals surface area contributed by atoms with Crippen LogP contribution in [0.15, 0.2) is 18.2 Å². The second-order valence-electron chi connectivity index (χ2n) is 5.07. The lowest BCUT2D eigenvalue weighted by atomic mass is 10.0. The number of aryl methyl sites for hydroxylation is 1. The lowest BCUT2D eigenvalue weighted by Crippen LogP contribution is -2.37. The van der Waals surface area contributed by atoms with E-state index in [-0.39, 0.29) is 11.8 Å². The van der Waals surface area contributed by atoms with Gasteiger partial charge in [0.25, 0.3) is 0 Å². The molecule has 0 bridgehead atoms. The first kappa shape index (κ1) is 14.9. The average molecular weight is 280 g/mol. The zero-order chi connectivity index (χ0) is 14.5. The molecule has 20 heavy (non-hydrogen) atoms. The molecule has 1 heterocycles. The van der Waals surface area contributed by atoms with Crippen LogP contribution in [0.25, 0.3) is 0 Å². The van der Waals surface area contributed by atoms with Gasteiger partial charge in [-0.3, -0.25) is 4.90 Å². The number of hydrogen-bond acceptors (Lipinski definition) is 4. The van der Waals surface area contributed by atoms with Crippen molar-refractivity contribution in [2.75, 3.05) is 33.3 Å². The molecule has 2 rings (SSSR count). The van der Waals surface area contributed by atoms with Crippen molar-refractivity contribution >= 4 is 5.97 Å². The van der Waals surface area contributed by atoms with Crippen molar-refractivity contribution in [3.63, 3.8) is 0 Å². The summed E-state index contributed by atoms with van der Waals surface area (Å²) in [5.41, 5.74) is 1.23. The zero-order valence-corrected chi connectivity index (χ0v) is 12.0. The van der Waals surface area contributed by atoms with Crippen LogP contribution in [-0.2, 0) is 9.53 Å². The summed E-state index contributed by atoms with van der Waals surface area (Å²) >= 11 is 0. The second-order valence-corrected chi connectivity index (χ2v) is 5.07. The van der Waals surface area contributed by atoms with Crippen LogP contribution < -0.4 is 5.32 Å². The SMILES string of the molecule is COC(=O)C(c1ccc(C)c(F)c1)N1CCCNCC1. The topological polar surface area (TPSA) is 41.6 Å². The van der Waals surface area contributed by atoms with E-state index in [1.165, 1.54) is 13.2 Å². The molecule has 0 aliphatic carbocycles. The Bertz CT molecular complexity index is 471. The van der Waals surface area contributed by atoms with Gasteiger partial charge in [0.15, 0.2) is 0 Å². The summed E-state index contributed by atoms with van der Waals surface area (Å²) in [5, 5.41) is 3.29. The van der Waals surface area contributed by atoms with Gasteiger partial charge in [-0.05, 0) is 37.1 Å². The molecular weight excluding hydrogens is 259 g/mol. The van der Waals surface area contributed by atoms with Crippen LogP contribution in [0.4, 0.5) is 4.39 Å². The Morgan fingerprint density at radius 2 is 2.20 bits per heavy atom. The van der Waals surface area contributed by atoms with Gasteiger partial charge in [0.2, 0.25) is 0 Å². The van der Waals surface area contributed by atoms with E-state index < -0.39 is 6.04 Å². The molecule has 0 saturated carbocycles. The maximum Gasteiger partial charge on any atom is 0.327 e. The largest absolute Gasteiger partial charge is 0.468 e. The first-order valence-electron chi connectivity index (χ1n) is 6.92. The molecule has 0 radical (unpaired) electrons. The molecule has 1 aromatic carbocycles. The minimum atomic E-state index is -0.532. The van der Waals surface area contributed by atoms with Gasteiger partial charge in [0, 0.05) is 19.6 Å². The first-order chi connectivity index (χ1) is 9.63. The van der Waals surface area contributed by atoms with Crippen LogP contribution in [0.2, 0.25) is 0 Å². The lowest BCUT2D eigenvalue weighted by Gasteiger charge is -2.28. The Morgan fingerprint density at radius 1 is 1.40 bits per heavy atom. The Labute approximate surface area is 118 Å². The quantitative estimate of drug-likeness (QED) is 0.855. The molecule has 4 nitrogen and oxygen atoms in total. The van der Waals surface area contributed by atoms with E-state index in [1.807, 2.05) is 0 Å². The smallest absolute Gasteiger partial charge is 0.327 e. The molecule has 1 aliphatic rings. The number of carbonyl (C=O) groups is 1. The summed E-state index contributed by atoms with van der Waals surface area (Å²) in [4.78, 5) is 14.2. The summed E-state index contributed by atoms with van der Waals surface area (Å²) in [5.74, 6) is -0.625. The predicted molar refractivity (Wildman–Crippen MR) is 75.0 cm³/mol. The molecule has 5 heteroatoms. The van der Waals surface area contributed by atoms with Crippen molar-refractivity contribution in [2.45, 2.75) is 19.4 Å². The molecule has 0 amide bonds. The summed E-state index contributed by atoms with van der Waals surface area (Å²) in [6, 6.07) is 4.42. The van der Waals surface area contributed by atoms with E-state index in [4.69, 9.17) is 4.74 Å². The summed E-state index contributed by atoms with van der Waals surface area (Å²) in [7, 11) is 1.37. The van der Waals surface area contributed by atoms with Gasteiger partial charge in [-0.1, -0.05) is 12.1 Å². The standard InChI is InChI=1S/C15H21FN2O2/c1-11-4-5-12(10-13(11)16)14(15(19)20-2)18-8-3-6-17-7-9-18/h4-5,10,14,17H,3,6-9H2,1-2H3. The van der Waals surface area contributed by atoms with E-state index >= 15 is 0 Å². The van der Waals surface area contributed by atoms with Crippen molar-refractivity contribution < 1.29 is 13.9 Å². The van der Waals surface area contributed by atoms with E-state index in [0.717, 1.165) is 32.6 Å². The highest BCUT2D eigenvalue weighted by molar-refractivity contribution is 5.77. The van der Waals surface area contributed by atoms with Crippen LogP contribution in [-0.4, -0.2) is 44.2 Å². The highest BCUT2D eigenvalue weighted by Gasteiger charge is 2.29. The fourth-order valence-corrected chi connectivity index (χ4v) is 2.51. The van der Waals surface area contributed by atoms with E-state index in [2.05, 4.69) is 10.2 Å². The van der Waals surface area contributed by atoms with Crippen LogP contribution in [0.5, 0.6) is 0 Å². The van der Waals surface area contributed by atoms with Crippen LogP contribution in [0, 0.1) is 12.7 Å². The summed E-state index contributed by atoms with van der Waals surface area (Å²) in [6.45, 7) is 5.01. The number of nitrogens with one attached hydrogen (secondary N) is 1. The molecular formula is C15H21FN2O2. The Morgan fingerprint density at radius 3 is 2.90 bits per heavy atom. The number of ether oxygens (including phenoxy) is 1. The molecule has 1 atom stereocenters. The molecule has 0 aromatic heterocycles. The number of benzene rings is 1. The van der Waals surface area contributed by atoms with Crippen molar-refractivity contribution in [2.24, 2.45) is 0 Å². The third-order valence-electron chi connectivity index (χ3n) is 3.68. The molecule has 1 aliphatic heterocycles. The fourth-order valence-electron chi connectivity index (χ4n) is 2.51. The minimum Gasteiger partial charge on any atom is -0.468 e. The lowest BCUT2D eigenvalue weighted by molar-refractivity contribution is -0.147. The summed E-state index contributed by atoms with van der Waals surface area (Å²) < 4.78 is 18.7. The maximum absolute atomic E-state index is 13.8. The normalized spacial score (nSPS) is 18.4. The number of hydrogen-bond donors (Lipinski definition) is 1. The molecule has 1 unspecified atom stereocenters. The van der Waals surface area contributed by atoms with Crippen LogP contribution >= 0.6 is 0 Å². The summed E-state index contributed by atoms with van der Waals surface area (Å²) in [6.07, 6.45) is 0.960. The van der Waals surface area contributed by atoms with Gasteiger partial charge in [-0.25, -0.2) is 9.18 Å². The molecule has 1 saturated heterocycles. The van der Waals surface area contributed by atoms with Gasteiger partial charge in [-0.15, -0.1) is 0 Å². The Balaban J connectivity index is 2.30.